The zero-order valence-electron chi connectivity index (χ0n) is 24.2. The molecule has 0 saturated carbocycles. The van der Waals surface area contributed by atoms with Crippen LogP contribution in [0.2, 0.25) is 0 Å². The first-order chi connectivity index (χ1) is 21.4. The summed E-state index contributed by atoms with van der Waals surface area (Å²) < 4.78 is 49.9. The molecular formula is C29H32O16. The first-order valence-corrected chi connectivity index (χ1v) is 14.1. The Balaban J connectivity index is 1.40. The number of benzene rings is 2. The molecule has 10 atom stereocenters. The van der Waals surface area contributed by atoms with Crippen LogP contribution in [-0.2, 0) is 34.1 Å². The Labute approximate surface area is 255 Å². The molecular weight excluding hydrogens is 604 g/mol. The van der Waals surface area contributed by atoms with Crippen molar-refractivity contribution in [2.75, 3.05) is 27.6 Å². The van der Waals surface area contributed by atoms with Crippen molar-refractivity contribution in [1.29, 1.82) is 0 Å². The third-order valence-corrected chi connectivity index (χ3v) is 9.02. The zero-order valence-corrected chi connectivity index (χ0v) is 24.2. The molecule has 244 valence electrons. The standard InChI is InChI=1S/C29H32O16/c1-10-39-8-18-25(42-10)22(31)23(32)27(43-18)44-24-12-6-14-15(41-9-40-14)7-13(12)28(34,20-19(24)29(35,36)45-26(20)33)11-4-16(37-2)21(30)17(5-11)38-3/h4-7,10,18-20,22-25,27,30-32,34-36H,8-9H2,1-3H3. The van der Waals surface area contributed by atoms with Gasteiger partial charge >= 0.3 is 11.9 Å². The molecule has 2 aromatic carbocycles. The van der Waals surface area contributed by atoms with E-state index in [0.717, 1.165) is 0 Å². The topological polar surface area (TPSA) is 222 Å². The van der Waals surface area contributed by atoms with Gasteiger partial charge in [-0.25, -0.2) is 0 Å². The number of rotatable bonds is 5. The van der Waals surface area contributed by atoms with Crippen molar-refractivity contribution in [1.82, 2.24) is 0 Å². The molecule has 4 aliphatic heterocycles. The summed E-state index contributed by atoms with van der Waals surface area (Å²) in [6.07, 6.45) is -8.79. The molecule has 0 aromatic heterocycles. The van der Waals surface area contributed by atoms with Crippen molar-refractivity contribution in [3.05, 3.63) is 41.0 Å². The predicted molar refractivity (Wildman–Crippen MR) is 142 cm³/mol. The van der Waals surface area contributed by atoms with Crippen LogP contribution in [-0.4, -0.2) is 107 Å². The van der Waals surface area contributed by atoms with Gasteiger partial charge in [0.05, 0.1) is 26.9 Å². The van der Waals surface area contributed by atoms with Crippen molar-refractivity contribution in [2.45, 2.75) is 61.6 Å². The highest BCUT2D eigenvalue weighted by Crippen LogP contribution is 2.61. The molecule has 0 spiro atoms. The Morgan fingerprint density at radius 2 is 1.60 bits per heavy atom. The van der Waals surface area contributed by atoms with Gasteiger partial charge < -0.3 is 73.3 Å². The van der Waals surface area contributed by atoms with Gasteiger partial charge in [-0.05, 0) is 47.9 Å². The molecule has 16 nitrogen and oxygen atoms in total. The third-order valence-electron chi connectivity index (χ3n) is 9.02. The maximum Gasteiger partial charge on any atom is 0.331 e. The maximum atomic E-state index is 13.5. The highest BCUT2D eigenvalue weighted by molar-refractivity contribution is 5.80. The number of carbonyl (C=O) groups excluding carboxylic acids is 1. The van der Waals surface area contributed by atoms with Crippen LogP contribution in [0.1, 0.15) is 29.7 Å². The molecule has 16 heteroatoms. The van der Waals surface area contributed by atoms with Crippen molar-refractivity contribution < 1.29 is 78.1 Å². The molecule has 4 heterocycles. The molecule has 10 unspecified atom stereocenters. The number of hydrogen-bond donors (Lipinski definition) is 6. The number of cyclic esters (lactones) is 1. The SMILES string of the molecule is COc1cc(C2(O)c3cc4c(cc3C(OC3OC5COC(C)OC5C(O)C3O)C3C2C(=O)OC3(O)O)OCO4)cc(OC)c1O. The van der Waals surface area contributed by atoms with Crippen molar-refractivity contribution in [3.8, 4) is 28.7 Å². The van der Waals surface area contributed by atoms with Crippen LogP contribution in [0.3, 0.4) is 0 Å². The predicted octanol–water partition coefficient (Wildman–Crippen LogP) is -0.919. The molecule has 0 radical (unpaired) electrons. The summed E-state index contributed by atoms with van der Waals surface area (Å²) in [6.45, 7) is 1.46. The van der Waals surface area contributed by atoms with Gasteiger partial charge in [0.2, 0.25) is 12.5 Å². The second-order valence-electron chi connectivity index (χ2n) is 11.5. The fourth-order valence-corrected chi connectivity index (χ4v) is 6.89. The van der Waals surface area contributed by atoms with Gasteiger partial charge in [0.15, 0.2) is 35.6 Å². The molecule has 0 bridgehead atoms. The smallest absolute Gasteiger partial charge is 0.331 e. The normalized spacial score (nSPS) is 37.7. The zero-order chi connectivity index (χ0) is 32.0. The van der Waals surface area contributed by atoms with Crippen LogP contribution < -0.4 is 18.9 Å². The maximum absolute atomic E-state index is 13.5. The molecule has 3 fully saturated rings. The second-order valence-corrected chi connectivity index (χ2v) is 11.5. The largest absolute Gasteiger partial charge is 0.502 e. The number of phenolic OH excluding ortho intramolecular Hbond substituents is 1. The van der Waals surface area contributed by atoms with E-state index in [1.807, 2.05) is 0 Å². The van der Waals surface area contributed by atoms with E-state index < -0.39 is 72.5 Å². The summed E-state index contributed by atoms with van der Waals surface area (Å²) in [5.41, 5.74) is -2.37. The first kappa shape index (κ1) is 30.2. The molecule has 1 aliphatic carbocycles. The highest BCUT2D eigenvalue weighted by atomic mass is 16.8. The number of methoxy groups -OCH3 is 2. The Hall–Kier alpha value is -3.45. The van der Waals surface area contributed by atoms with Crippen molar-refractivity contribution in [3.63, 3.8) is 0 Å². The summed E-state index contributed by atoms with van der Waals surface area (Å²) in [7, 11) is 2.55. The van der Waals surface area contributed by atoms with Gasteiger partial charge in [0.25, 0.3) is 0 Å². The van der Waals surface area contributed by atoms with Crippen LogP contribution in [0.4, 0.5) is 0 Å². The fraction of sp³-hybridized carbons (Fsp3) is 0.552. The summed E-state index contributed by atoms with van der Waals surface area (Å²) in [5, 5.41) is 67.5. The van der Waals surface area contributed by atoms with Crippen LogP contribution in [0.15, 0.2) is 24.3 Å². The van der Waals surface area contributed by atoms with Crippen LogP contribution in [0.25, 0.3) is 0 Å². The van der Waals surface area contributed by atoms with Crippen LogP contribution in [0.5, 0.6) is 28.7 Å². The van der Waals surface area contributed by atoms with E-state index in [0.29, 0.717) is 0 Å². The summed E-state index contributed by atoms with van der Waals surface area (Å²) in [5.74, 6) is -8.15. The van der Waals surface area contributed by atoms with Gasteiger partial charge in [0.1, 0.15) is 41.9 Å². The highest BCUT2D eigenvalue weighted by Gasteiger charge is 2.70. The van der Waals surface area contributed by atoms with Gasteiger partial charge in [-0.2, -0.15) is 0 Å². The Bertz CT molecular complexity index is 1480. The Morgan fingerprint density at radius 1 is 0.933 bits per heavy atom. The lowest BCUT2D eigenvalue weighted by atomic mass is 9.62. The van der Waals surface area contributed by atoms with Crippen molar-refractivity contribution >= 4 is 5.97 Å². The van der Waals surface area contributed by atoms with Crippen LogP contribution >= 0.6 is 0 Å². The van der Waals surface area contributed by atoms with Crippen molar-refractivity contribution in [2.24, 2.45) is 11.8 Å². The van der Waals surface area contributed by atoms with E-state index in [4.69, 9.17) is 42.6 Å². The van der Waals surface area contributed by atoms with E-state index in [1.54, 1.807) is 6.92 Å². The molecule has 2 aromatic rings. The molecule has 45 heavy (non-hydrogen) atoms. The van der Waals surface area contributed by atoms with Gasteiger partial charge in [-0.1, -0.05) is 0 Å². The summed E-state index contributed by atoms with van der Waals surface area (Å²) in [6, 6.07) is 5.37. The fourth-order valence-electron chi connectivity index (χ4n) is 6.89. The summed E-state index contributed by atoms with van der Waals surface area (Å²) in [4.78, 5) is 13.5. The lowest BCUT2D eigenvalue weighted by molar-refractivity contribution is -0.382. The number of aliphatic hydroxyl groups excluding tert-OH is 2. The average Bonchev–Trinajstić information content (AvgIpc) is 3.57. The third kappa shape index (κ3) is 4.44. The number of aromatic hydroxyl groups is 1. The minimum Gasteiger partial charge on any atom is -0.502 e. The first-order valence-electron chi connectivity index (χ1n) is 14.1. The number of aliphatic hydroxyl groups is 5. The lowest BCUT2D eigenvalue weighted by Crippen LogP contribution is -2.63. The van der Waals surface area contributed by atoms with E-state index in [1.165, 1.54) is 38.5 Å². The molecule has 5 aliphatic rings. The minimum atomic E-state index is -3.20. The Kier molecular flexibility index (Phi) is 7.08. The van der Waals surface area contributed by atoms with E-state index in [2.05, 4.69) is 0 Å². The molecule has 7 rings (SSSR count). The Morgan fingerprint density at radius 3 is 2.27 bits per heavy atom. The average molecular weight is 637 g/mol. The summed E-state index contributed by atoms with van der Waals surface area (Å²) >= 11 is 0. The van der Waals surface area contributed by atoms with Gasteiger partial charge in [0, 0.05) is 0 Å². The van der Waals surface area contributed by atoms with E-state index in [9.17, 15) is 35.4 Å². The van der Waals surface area contributed by atoms with Crippen LogP contribution in [0, 0.1) is 11.8 Å². The molecule has 6 N–H and O–H groups in total. The quantitative estimate of drug-likeness (QED) is 0.173. The number of hydrogen-bond acceptors (Lipinski definition) is 16. The number of fused-ring (bicyclic) bond motifs is 4. The number of ether oxygens (including phenoxy) is 9. The lowest BCUT2D eigenvalue weighted by Gasteiger charge is -2.49. The number of phenols is 1. The molecule has 0 amide bonds. The van der Waals surface area contributed by atoms with E-state index in [-0.39, 0.29) is 58.8 Å². The number of carbonyl (C=O) groups is 1. The second kappa shape index (κ2) is 10.5. The van der Waals surface area contributed by atoms with E-state index >= 15 is 0 Å². The monoisotopic (exact) mass is 636 g/mol. The van der Waals surface area contributed by atoms with Gasteiger partial charge in [-0.3, -0.25) is 4.79 Å². The van der Waals surface area contributed by atoms with Gasteiger partial charge in [-0.15, -0.1) is 0 Å². The molecule has 3 saturated heterocycles. The number of esters is 1. The minimum absolute atomic E-state index is 0.00271.